The zero-order chi connectivity index (χ0) is 18.6. The quantitative estimate of drug-likeness (QED) is 0.751. The molecule has 134 valence electrons. The number of aromatic nitrogens is 2. The summed E-state index contributed by atoms with van der Waals surface area (Å²) >= 11 is 0. The monoisotopic (exact) mass is 359 g/mol. The minimum absolute atomic E-state index is 0.0980. The van der Waals surface area contributed by atoms with Crippen LogP contribution in [0.15, 0.2) is 71.8 Å². The predicted octanol–water partition coefficient (Wildman–Crippen LogP) is 3.91. The molecule has 0 aliphatic carbocycles. The molecule has 4 nitrogen and oxygen atoms in total. The molecule has 3 rings (SSSR count). The topological polar surface area (TPSA) is 46.9 Å². The summed E-state index contributed by atoms with van der Waals surface area (Å²) in [6.07, 6.45) is -1.05. The van der Waals surface area contributed by atoms with E-state index in [4.69, 9.17) is 0 Å². The van der Waals surface area contributed by atoms with Crippen molar-refractivity contribution in [3.05, 3.63) is 88.5 Å². The summed E-state index contributed by atoms with van der Waals surface area (Å²) in [5, 5.41) is 2.95. The van der Waals surface area contributed by atoms with E-state index in [1.807, 2.05) is 30.3 Å². The fourth-order valence-corrected chi connectivity index (χ4v) is 2.54. The molecule has 0 atom stereocenters. The first-order chi connectivity index (χ1) is 12.4. The summed E-state index contributed by atoms with van der Waals surface area (Å²) in [6.45, 7) is 0.485. The summed E-state index contributed by atoms with van der Waals surface area (Å²) in [5.41, 5.74) is -0.0651. The Morgan fingerprint density at radius 3 is 2.54 bits per heavy atom. The van der Waals surface area contributed by atoms with E-state index < -0.39 is 17.3 Å². The maximum Gasteiger partial charge on any atom is 0.416 e. The molecule has 26 heavy (non-hydrogen) atoms. The van der Waals surface area contributed by atoms with Crippen molar-refractivity contribution >= 4 is 5.82 Å². The average molecular weight is 359 g/mol. The molecular weight excluding hydrogens is 343 g/mol. The van der Waals surface area contributed by atoms with Gasteiger partial charge in [0.05, 0.1) is 5.56 Å². The molecule has 0 aliphatic heterocycles. The SMILES string of the molecule is O=c1c(NCCc2ccccc2)nccn1-c1cccc(C(F)(F)F)c1. The van der Waals surface area contributed by atoms with Crippen molar-refractivity contribution in [2.24, 2.45) is 0 Å². The van der Waals surface area contributed by atoms with E-state index in [0.717, 1.165) is 22.3 Å². The van der Waals surface area contributed by atoms with Gasteiger partial charge in [-0.2, -0.15) is 13.2 Å². The molecule has 0 spiro atoms. The van der Waals surface area contributed by atoms with Crippen LogP contribution in [0.25, 0.3) is 5.69 Å². The average Bonchev–Trinajstić information content (AvgIpc) is 2.63. The van der Waals surface area contributed by atoms with Crippen LogP contribution in [-0.4, -0.2) is 16.1 Å². The Hall–Kier alpha value is -3.09. The zero-order valence-electron chi connectivity index (χ0n) is 13.7. The zero-order valence-corrected chi connectivity index (χ0v) is 13.7. The van der Waals surface area contributed by atoms with Gasteiger partial charge in [0, 0.05) is 24.6 Å². The number of halogens is 3. The minimum Gasteiger partial charge on any atom is -0.365 e. The van der Waals surface area contributed by atoms with Crippen LogP contribution in [0, 0.1) is 0 Å². The fourth-order valence-electron chi connectivity index (χ4n) is 2.54. The third kappa shape index (κ3) is 4.11. The Morgan fingerprint density at radius 2 is 1.81 bits per heavy atom. The molecule has 0 saturated heterocycles. The van der Waals surface area contributed by atoms with Crippen molar-refractivity contribution in [3.63, 3.8) is 0 Å². The number of anilines is 1. The van der Waals surface area contributed by atoms with Gasteiger partial charge >= 0.3 is 6.18 Å². The molecule has 0 amide bonds. The highest BCUT2D eigenvalue weighted by Gasteiger charge is 2.30. The second-order valence-electron chi connectivity index (χ2n) is 5.66. The van der Waals surface area contributed by atoms with Crippen molar-refractivity contribution in [2.45, 2.75) is 12.6 Å². The second kappa shape index (κ2) is 7.43. The van der Waals surface area contributed by atoms with Crippen LogP contribution >= 0.6 is 0 Å². The number of nitrogens with one attached hydrogen (secondary N) is 1. The third-order valence-corrected chi connectivity index (χ3v) is 3.84. The molecule has 0 unspecified atom stereocenters. The van der Waals surface area contributed by atoms with Crippen molar-refractivity contribution in [2.75, 3.05) is 11.9 Å². The molecular formula is C19H16F3N3O. The van der Waals surface area contributed by atoms with Crippen LogP contribution < -0.4 is 10.9 Å². The lowest BCUT2D eigenvalue weighted by molar-refractivity contribution is -0.137. The molecule has 3 aromatic rings. The highest BCUT2D eigenvalue weighted by atomic mass is 19.4. The van der Waals surface area contributed by atoms with Gasteiger partial charge < -0.3 is 5.32 Å². The summed E-state index contributed by atoms with van der Waals surface area (Å²) in [6, 6.07) is 14.3. The fraction of sp³-hybridized carbons (Fsp3) is 0.158. The molecule has 0 radical (unpaired) electrons. The first-order valence-electron chi connectivity index (χ1n) is 7.98. The summed E-state index contributed by atoms with van der Waals surface area (Å²) < 4.78 is 39.8. The molecule has 0 saturated carbocycles. The first-order valence-corrected chi connectivity index (χ1v) is 7.98. The van der Waals surface area contributed by atoms with Gasteiger partial charge in [0.25, 0.3) is 5.56 Å². The lowest BCUT2D eigenvalue weighted by atomic mass is 10.1. The largest absolute Gasteiger partial charge is 0.416 e. The molecule has 1 aromatic heterocycles. The predicted molar refractivity (Wildman–Crippen MR) is 93.5 cm³/mol. The molecule has 0 bridgehead atoms. The van der Waals surface area contributed by atoms with Gasteiger partial charge in [0.1, 0.15) is 0 Å². The highest BCUT2D eigenvalue weighted by Crippen LogP contribution is 2.30. The molecule has 0 fully saturated rings. The van der Waals surface area contributed by atoms with E-state index >= 15 is 0 Å². The Balaban J connectivity index is 1.80. The number of alkyl halides is 3. The van der Waals surface area contributed by atoms with E-state index in [9.17, 15) is 18.0 Å². The van der Waals surface area contributed by atoms with Gasteiger partial charge in [-0.1, -0.05) is 36.4 Å². The highest BCUT2D eigenvalue weighted by molar-refractivity contribution is 5.41. The number of hydrogen-bond donors (Lipinski definition) is 1. The minimum atomic E-state index is -4.47. The van der Waals surface area contributed by atoms with Gasteiger partial charge in [-0.3, -0.25) is 9.36 Å². The third-order valence-electron chi connectivity index (χ3n) is 3.84. The second-order valence-corrected chi connectivity index (χ2v) is 5.66. The van der Waals surface area contributed by atoms with Crippen molar-refractivity contribution in [3.8, 4) is 5.69 Å². The van der Waals surface area contributed by atoms with Crippen LogP contribution in [-0.2, 0) is 12.6 Å². The number of hydrogen-bond acceptors (Lipinski definition) is 3. The first kappa shape index (κ1) is 17.7. The van der Waals surface area contributed by atoms with Crippen LogP contribution in [0.2, 0.25) is 0 Å². The van der Waals surface area contributed by atoms with Gasteiger partial charge in [-0.15, -0.1) is 0 Å². The lowest BCUT2D eigenvalue weighted by Crippen LogP contribution is -2.24. The van der Waals surface area contributed by atoms with Crippen LogP contribution in [0.1, 0.15) is 11.1 Å². The Morgan fingerprint density at radius 1 is 1.04 bits per heavy atom. The normalized spacial score (nSPS) is 11.3. The molecule has 0 aliphatic rings. The summed E-state index contributed by atoms with van der Waals surface area (Å²) in [4.78, 5) is 16.5. The Labute approximate surface area is 147 Å². The standard InChI is InChI=1S/C19H16F3N3O/c20-19(21,22)15-7-4-8-16(13-15)25-12-11-24-17(18(25)26)23-10-9-14-5-2-1-3-6-14/h1-8,11-13H,9-10H2,(H,23,24). The van der Waals surface area contributed by atoms with Crippen LogP contribution in [0.5, 0.6) is 0 Å². The number of benzene rings is 2. The molecule has 7 heteroatoms. The van der Waals surface area contributed by atoms with Crippen LogP contribution in [0.4, 0.5) is 19.0 Å². The van der Waals surface area contributed by atoms with Crippen LogP contribution in [0.3, 0.4) is 0 Å². The van der Waals surface area contributed by atoms with Gasteiger partial charge in [0.15, 0.2) is 5.82 Å². The number of rotatable bonds is 5. The van der Waals surface area contributed by atoms with E-state index in [2.05, 4.69) is 10.3 Å². The van der Waals surface area contributed by atoms with E-state index in [1.165, 1.54) is 24.5 Å². The molecule has 2 aromatic carbocycles. The van der Waals surface area contributed by atoms with Gasteiger partial charge in [0.2, 0.25) is 0 Å². The summed E-state index contributed by atoms with van der Waals surface area (Å²) in [5.74, 6) is 0.0980. The van der Waals surface area contributed by atoms with Crippen molar-refractivity contribution < 1.29 is 13.2 Å². The molecule has 1 heterocycles. The summed E-state index contributed by atoms with van der Waals surface area (Å²) in [7, 11) is 0. The maximum atomic E-state index is 12.9. The lowest BCUT2D eigenvalue weighted by Gasteiger charge is -2.12. The van der Waals surface area contributed by atoms with Crippen molar-refractivity contribution in [1.29, 1.82) is 0 Å². The smallest absolute Gasteiger partial charge is 0.365 e. The van der Waals surface area contributed by atoms with E-state index in [0.29, 0.717) is 13.0 Å². The molecule has 1 N–H and O–H groups in total. The Bertz CT molecular complexity index is 937. The Kier molecular flexibility index (Phi) is 5.06. The van der Waals surface area contributed by atoms with Gasteiger partial charge in [-0.25, -0.2) is 4.98 Å². The maximum absolute atomic E-state index is 12.9. The van der Waals surface area contributed by atoms with E-state index in [1.54, 1.807) is 0 Å². The van der Waals surface area contributed by atoms with Crippen molar-refractivity contribution in [1.82, 2.24) is 9.55 Å². The van der Waals surface area contributed by atoms with E-state index in [-0.39, 0.29) is 11.5 Å². The van der Waals surface area contributed by atoms with Gasteiger partial charge in [-0.05, 0) is 30.2 Å². The number of nitrogens with zero attached hydrogens (tertiary/aromatic N) is 2.